The molecule has 1 N–H and O–H groups in total. The highest BCUT2D eigenvalue weighted by Crippen LogP contribution is 2.39. The van der Waals surface area contributed by atoms with Crippen molar-refractivity contribution in [2.45, 2.75) is 37.7 Å². The maximum absolute atomic E-state index is 6.21. The average molecular weight is 298 g/mol. The molecule has 0 radical (unpaired) electrons. The molecular weight excluding hydrogens is 278 g/mol. The zero-order chi connectivity index (χ0) is 14.2. The first-order valence-corrected chi connectivity index (χ1v) is 7.42. The summed E-state index contributed by atoms with van der Waals surface area (Å²) < 4.78 is 11.1. The van der Waals surface area contributed by atoms with Crippen LogP contribution in [0.1, 0.15) is 36.6 Å². The third kappa shape index (κ3) is 2.75. The quantitative estimate of drug-likeness (QED) is 0.847. The fraction of sp³-hybridized carbons (Fsp3) is 0.714. The summed E-state index contributed by atoms with van der Waals surface area (Å²) in [5, 5.41) is 3.91. The molecule has 1 aromatic heterocycles. The van der Waals surface area contributed by atoms with Crippen LogP contribution in [0.3, 0.4) is 0 Å². The van der Waals surface area contributed by atoms with E-state index in [9.17, 15) is 0 Å². The Morgan fingerprint density at radius 1 is 1.45 bits per heavy atom. The van der Waals surface area contributed by atoms with Crippen LogP contribution in [0.15, 0.2) is 0 Å². The first kappa shape index (κ1) is 14.0. The number of rotatable bonds is 5. The zero-order valence-electron chi connectivity index (χ0n) is 11.9. The second kappa shape index (κ2) is 5.47. The van der Waals surface area contributed by atoms with Crippen molar-refractivity contribution in [1.29, 1.82) is 0 Å². The van der Waals surface area contributed by atoms with Crippen molar-refractivity contribution in [1.82, 2.24) is 9.97 Å². The Bertz CT molecular complexity index is 499. The van der Waals surface area contributed by atoms with Gasteiger partial charge in [0.15, 0.2) is 0 Å². The summed E-state index contributed by atoms with van der Waals surface area (Å²) in [5.41, 5.74) is 0.630. The van der Waals surface area contributed by atoms with Gasteiger partial charge in [0.05, 0.1) is 6.61 Å². The van der Waals surface area contributed by atoms with E-state index >= 15 is 0 Å². The number of hydrogen-bond donors (Lipinski definition) is 1. The van der Waals surface area contributed by atoms with E-state index < -0.39 is 0 Å². The molecule has 1 aliphatic carbocycles. The molecule has 1 saturated carbocycles. The van der Waals surface area contributed by atoms with Crippen molar-refractivity contribution in [3.63, 3.8) is 0 Å². The van der Waals surface area contributed by atoms with Crippen LogP contribution >= 0.6 is 11.6 Å². The number of anilines is 1. The summed E-state index contributed by atoms with van der Waals surface area (Å²) in [5.74, 6) is 2.16. The van der Waals surface area contributed by atoms with Gasteiger partial charge >= 0.3 is 0 Å². The lowest BCUT2D eigenvalue weighted by molar-refractivity contribution is -0.00626. The highest BCUT2D eigenvalue weighted by atomic mass is 35.5. The Morgan fingerprint density at radius 3 is 2.85 bits per heavy atom. The molecule has 6 heteroatoms. The largest absolute Gasteiger partial charge is 0.378 e. The maximum atomic E-state index is 6.21. The van der Waals surface area contributed by atoms with Crippen LogP contribution in [0.5, 0.6) is 0 Å². The number of halogens is 1. The minimum atomic E-state index is -0.260. The number of ether oxygens (including phenoxy) is 2. The standard InChI is InChI=1S/C14H20ClN3O2/c1-9-11(15)17-13(10-3-4-10)18-12(9)16-7-14(19-2)5-6-20-8-14/h10H,3-8H2,1-2H3,(H,16,17,18). The van der Waals surface area contributed by atoms with Gasteiger partial charge in [-0.3, -0.25) is 0 Å². The molecular formula is C14H20ClN3O2. The number of nitrogens with one attached hydrogen (secondary N) is 1. The molecule has 0 amide bonds. The van der Waals surface area contributed by atoms with E-state index in [1.807, 2.05) is 6.92 Å². The van der Waals surface area contributed by atoms with E-state index in [1.54, 1.807) is 7.11 Å². The number of hydrogen-bond acceptors (Lipinski definition) is 5. The highest BCUT2D eigenvalue weighted by molar-refractivity contribution is 6.30. The summed E-state index contributed by atoms with van der Waals surface area (Å²) in [6.07, 6.45) is 3.22. The second-order valence-corrected chi connectivity index (χ2v) is 6.02. The lowest BCUT2D eigenvalue weighted by Crippen LogP contribution is -2.40. The van der Waals surface area contributed by atoms with Gasteiger partial charge < -0.3 is 14.8 Å². The third-order valence-electron chi connectivity index (χ3n) is 4.12. The van der Waals surface area contributed by atoms with Crippen LogP contribution in [-0.4, -0.2) is 42.4 Å². The van der Waals surface area contributed by atoms with E-state index in [0.717, 1.165) is 43.1 Å². The van der Waals surface area contributed by atoms with Gasteiger partial charge in [0.1, 0.15) is 22.4 Å². The number of nitrogens with zero attached hydrogens (tertiary/aromatic N) is 2. The van der Waals surface area contributed by atoms with Crippen molar-refractivity contribution in [2.75, 3.05) is 32.2 Å². The Kier molecular flexibility index (Phi) is 3.84. The first-order valence-electron chi connectivity index (χ1n) is 7.04. The Balaban J connectivity index is 1.76. The predicted molar refractivity (Wildman–Crippen MR) is 77.4 cm³/mol. The van der Waals surface area contributed by atoms with Gasteiger partial charge in [-0.25, -0.2) is 9.97 Å². The Morgan fingerprint density at radius 2 is 2.25 bits per heavy atom. The van der Waals surface area contributed by atoms with Crippen molar-refractivity contribution in [3.05, 3.63) is 16.5 Å². The van der Waals surface area contributed by atoms with Crippen LogP contribution < -0.4 is 5.32 Å². The zero-order valence-corrected chi connectivity index (χ0v) is 12.7. The van der Waals surface area contributed by atoms with E-state index in [2.05, 4.69) is 15.3 Å². The van der Waals surface area contributed by atoms with Crippen LogP contribution in [0, 0.1) is 6.92 Å². The molecule has 5 nitrogen and oxygen atoms in total. The molecule has 2 aliphatic rings. The summed E-state index contributed by atoms with van der Waals surface area (Å²) in [7, 11) is 1.73. The predicted octanol–water partition coefficient (Wildman–Crippen LogP) is 2.53. The molecule has 0 aromatic carbocycles. The van der Waals surface area contributed by atoms with Crippen molar-refractivity contribution in [3.8, 4) is 0 Å². The Labute approximate surface area is 124 Å². The Hall–Kier alpha value is -0.910. The van der Waals surface area contributed by atoms with Crippen LogP contribution in [-0.2, 0) is 9.47 Å². The smallest absolute Gasteiger partial charge is 0.137 e. The molecule has 2 heterocycles. The molecule has 20 heavy (non-hydrogen) atoms. The van der Waals surface area contributed by atoms with E-state index in [1.165, 1.54) is 0 Å². The van der Waals surface area contributed by atoms with Gasteiger partial charge in [0.2, 0.25) is 0 Å². The van der Waals surface area contributed by atoms with Crippen LogP contribution in [0.4, 0.5) is 5.82 Å². The summed E-state index contributed by atoms with van der Waals surface area (Å²) in [4.78, 5) is 8.99. The molecule has 1 atom stereocenters. The molecule has 1 aromatic rings. The van der Waals surface area contributed by atoms with E-state index in [-0.39, 0.29) is 5.60 Å². The normalized spacial score (nSPS) is 25.9. The minimum Gasteiger partial charge on any atom is -0.378 e. The van der Waals surface area contributed by atoms with Crippen molar-refractivity contribution < 1.29 is 9.47 Å². The molecule has 1 saturated heterocycles. The van der Waals surface area contributed by atoms with Crippen LogP contribution in [0.25, 0.3) is 0 Å². The fourth-order valence-corrected chi connectivity index (χ4v) is 2.58. The summed E-state index contributed by atoms with van der Waals surface area (Å²) in [6, 6.07) is 0. The lowest BCUT2D eigenvalue weighted by atomic mass is 10.0. The fourth-order valence-electron chi connectivity index (χ4n) is 2.41. The van der Waals surface area contributed by atoms with Crippen LogP contribution in [0.2, 0.25) is 5.15 Å². The van der Waals surface area contributed by atoms with E-state index in [4.69, 9.17) is 21.1 Å². The topological polar surface area (TPSA) is 56.3 Å². The SMILES string of the molecule is COC1(CNc2nc(C3CC3)nc(Cl)c2C)CCOC1. The number of methoxy groups -OCH3 is 1. The van der Waals surface area contributed by atoms with Gasteiger partial charge in [-0.2, -0.15) is 0 Å². The van der Waals surface area contributed by atoms with Gasteiger partial charge in [0.25, 0.3) is 0 Å². The van der Waals surface area contributed by atoms with Gasteiger partial charge in [-0.15, -0.1) is 0 Å². The maximum Gasteiger partial charge on any atom is 0.137 e. The summed E-state index contributed by atoms with van der Waals surface area (Å²) in [6.45, 7) is 3.96. The van der Waals surface area contributed by atoms with E-state index in [0.29, 0.717) is 24.2 Å². The molecule has 2 fully saturated rings. The third-order valence-corrected chi connectivity index (χ3v) is 4.49. The second-order valence-electron chi connectivity index (χ2n) is 5.66. The molecule has 3 rings (SSSR count). The number of aromatic nitrogens is 2. The molecule has 110 valence electrons. The molecule has 1 unspecified atom stereocenters. The highest BCUT2D eigenvalue weighted by Gasteiger charge is 2.35. The first-order chi connectivity index (χ1) is 9.63. The molecule has 0 spiro atoms. The summed E-state index contributed by atoms with van der Waals surface area (Å²) >= 11 is 6.21. The lowest BCUT2D eigenvalue weighted by Gasteiger charge is -2.26. The molecule has 1 aliphatic heterocycles. The minimum absolute atomic E-state index is 0.260. The van der Waals surface area contributed by atoms with Crippen molar-refractivity contribution in [2.24, 2.45) is 0 Å². The monoisotopic (exact) mass is 297 g/mol. The van der Waals surface area contributed by atoms with Gasteiger partial charge in [0, 0.05) is 38.2 Å². The van der Waals surface area contributed by atoms with Gasteiger partial charge in [-0.1, -0.05) is 11.6 Å². The van der Waals surface area contributed by atoms with Gasteiger partial charge in [-0.05, 0) is 19.8 Å². The average Bonchev–Trinajstić information content (AvgIpc) is 3.20. The molecule has 0 bridgehead atoms. The van der Waals surface area contributed by atoms with Crippen molar-refractivity contribution >= 4 is 17.4 Å².